The highest BCUT2D eigenvalue weighted by molar-refractivity contribution is 5.52. The van der Waals surface area contributed by atoms with Crippen LogP contribution in [-0.2, 0) is 0 Å². The average molecular weight is 160 g/mol. The Morgan fingerprint density at radius 2 is 2.50 bits per heavy atom. The van der Waals surface area contributed by atoms with Gasteiger partial charge in [0.1, 0.15) is 5.82 Å². The molecule has 0 atom stereocenters. The fourth-order valence-electron chi connectivity index (χ4n) is 0.906. The number of nitrogens with zero attached hydrogens (tertiary/aromatic N) is 1. The van der Waals surface area contributed by atoms with Crippen LogP contribution in [0.1, 0.15) is 18.9 Å². The van der Waals surface area contributed by atoms with Crippen LogP contribution in [0.3, 0.4) is 0 Å². The maximum atomic E-state index is 5.29. The Balaban J connectivity index is 2.77. The number of hydrogen-bond acceptors (Lipinski definition) is 2. The number of nitrogens with one attached hydrogen (secondary N) is 1. The van der Waals surface area contributed by atoms with Crippen molar-refractivity contribution in [1.29, 1.82) is 0 Å². The molecule has 0 spiro atoms. The summed E-state index contributed by atoms with van der Waals surface area (Å²) in [6.45, 7) is 3.01. The molecule has 1 aromatic rings. The fourth-order valence-corrected chi connectivity index (χ4v) is 0.906. The molecule has 0 aliphatic heterocycles. The van der Waals surface area contributed by atoms with Gasteiger partial charge in [-0.25, -0.2) is 4.98 Å². The van der Waals surface area contributed by atoms with E-state index >= 15 is 0 Å². The predicted octanol–water partition coefficient (Wildman–Crippen LogP) is 1.88. The Bertz CT molecular complexity index is 286. The number of rotatable bonds is 3. The van der Waals surface area contributed by atoms with Gasteiger partial charge in [-0.3, -0.25) is 0 Å². The van der Waals surface area contributed by atoms with Gasteiger partial charge in [0, 0.05) is 12.7 Å². The van der Waals surface area contributed by atoms with E-state index in [1.165, 1.54) is 0 Å². The van der Waals surface area contributed by atoms with Crippen molar-refractivity contribution < 1.29 is 0 Å². The highest BCUT2D eigenvalue weighted by atomic mass is 15.0. The molecule has 2 heteroatoms. The maximum absolute atomic E-state index is 5.29. The third-order valence-corrected chi connectivity index (χ3v) is 1.51. The van der Waals surface area contributed by atoms with E-state index in [0.29, 0.717) is 0 Å². The Morgan fingerprint density at radius 3 is 3.17 bits per heavy atom. The third-order valence-electron chi connectivity index (χ3n) is 1.51. The molecule has 0 unspecified atom stereocenters. The van der Waals surface area contributed by atoms with Crippen molar-refractivity contribution in [1.82, 2.24) is 4.98 Å². The van der Waals surface area contributed by atoms with Gasteiger partial charge >= 0.3 is 0 Å². The van der Waals surface area contributed by atoms with E-state index in [2.05, 4.69) is 23.1 Å². The summed E-state index contributed by atoms with van der Waals surface area (Å²) in [6, 6.07) is 3.72. The van der Waals surface area contributed by atoms with Crippen LogP contribution in [0.2, 0.25) is 0 Å². The van der Waals surface area contributed by atoms with Crippen molar-refractivity contribution in [3.63, 3.8) is 0 Å². The summed E-state index contributed by atoms with van der Waals surface area (Å²) in [6.07, 6.45) is 8.10. The summed E-state index contributed by atoms with van der Waals surface area (Å²) < 4.78 is 0. The molecule has 0 aromatic carbocycles. The topological polar surface area (TPSA) is 24.9 Å². The first-order chi connectivity index (χ1) is 5.88. The van der Waals surface area contributed by atoms with Gasteiger partial charge in [0.05, 0.1) is 5.56 Å². The molecule has 0 radical (unpaired) electrons. The lowest BCUT2D eigenvalue weighted by atomic mass is 10.2. The largest absolute Gasteiger partial charge is 0.369 e. The van der Waals surface area contributed by atoms with Crippen molar-refractivity contribution in [2.75, 3.05) is 11.9 Å². The van der Waals surface area contributed by atoms with E-state index in [1.807, 2.05) is 12.1 Å². The Labute approximate surface area is 73.0 Å². The summed E-state index contributed by atoms with van der Waals surface area (Å²) in [4.78, 5) is 4.13. The van der Waals surface area contributed by atoms with Gasteiger partial charge in [0.15, 0.2) is 0 Å². The standard InChI is InChI=1S/C10H12N2/c1-3-7-11-10-9(4-2)6-5-8-12-10/h2,5-6,8H,3,7H2,1H3,(H,11,12). The van der Waals surface area contributed by atoms with Crippen LogP contribution in [-0.4, -0.2) is 11.5 Å². The second-order valence-corrected chi connectivity index (χ2v) is 2.47. The minimum Gasteiger partial charge on any atom is -0.369 e. The molecule has 62 valence electrons. The molecule has 0 aliphatic carbocycles. The molecule has 2 nitrogen and oxygen atoms in total. The number of aromatic nitrogens is 1. The van der Waals surface area contributed by atoms with Crippen molar-refractivity contribution in [2.45, 2.75) is 13.3 Å². The molecule has 1 N–H and O–H groups in total. The van der Waals surface area contributed by atoms with Crippen LogP contribution in [0.15, 0.2) is 18.3 Å². The van der Waals surface area contributed by atoms with E-state index in [-0.39, 0.29) is 0 Å². The number of terminal acetylenes is 1. The van der Waals surface area contributed by atoms with Crippen LogP contribution < -0.4 is 5.32 Å². The molecular formula is C10H12N2. The SMILES string of the molecule is C#Cc1cccnc1NCCC. The van der Waals surface area contributed by atoms with Crippen molar-refractivity contribution in [3.05, 3.63) is 23.9 Å². The average Bonchev–Trinajstić information content (AvgIpc) is 2.15. The van der Waals surface area contributed by atoms with Crippen LogP contribution in [0, 0.1) is 12.3 Å². The monoisotopic (exact) mass is 160 g/mol. The predicted molar refractivity (Wildman–Crippen MR) is 51.0 cm³/mol. The third kappa shape index (κ3) is 2.00. The molecule has 0 amide bonds. The van der Waals surface area contributed by atoms with Gasteiger partial charge in [-0.2, -0.15) is 0 Å². The van der Waals surface area contributed by atoms with Gasteiger partial charge in [0.2, 0.25) is 0 Å². The number of hydrogen-bond donors (Lipinski definition) is 1. The zero-order valence-electron chi connectivity index (χ0n) is 7.17. The van der Waals surface area contributed by atoms with Crippen LogP contribution in [0.4, 0.5) is 5.82 Å². The lowest BCUT2D eigenvalue weighted by molar-refractivity contribution is 0.968. The first-order valence-corrected chi connectivity index (χ1v) is 4.04. The van der Waals surface area contributed by atoms with E-state index in [0.717, 1.165) is 24.3 Å². The lowest BCUT2D eigenvalue weighted by Gasteiger charge is -2.04. The van der Waals surface area contributed by atoms with Crippen molar-refractivity contribution >= 4 is 5.82 Å². The normalized spacial score (nSPS) is 9.00. The van der Waals surface area contributed by atoms with E-state index in [9.17, 15) is 0 Å². The van der Waals surface area contributed by atoms with E-state index in [1.54, 1.807) is 6.20 Å². The van der Waals surface area contributed by atoms with Crippen molar-refractivity contribution in [3.8, 4) is 12.3 Å². The minimum atomic E-state index is 0.807. The molecule has 1 aromatic heterocycles. The molecular weight excluding hydrogens is 148 g/mol. The quantitative estimate of drug-likeness (QED) is 0.683. The second-order valence-electron chi connectivity index (χ2n) is 2.47. The summed E-state index contributed by atoms with van der Waals surface area (Å²) in [5.74, 6) is 3.39. The van der Waals surface area contributed by atoms with Gasteiger partial charge in [0.25, 0.3) is 0 Å². The summed E-state index contributed by atoms with van der Waals surface area (Å²) in [7, 11) is 0. The molecule has 0 fully saturated rings. The molecule has 1 rings (SSSR count). The Kier molecular flexibility index (Phi) is 3.16. The molecule has 0 saturated carbocycles. The summed E-state index contributed by atoms with van der Waals surface area (Å²) in [5, 5.41) is 3.16. The zero-order valence-corrected chi connectivity index (χ0v) is 7.17. The summed E-state index contributed by atoms with van der Waals surface area (Å²) >= 11 is 0. The lowest BCUT2D eigenvalue weighted by Crippen LogP contribution is -2.03. The smallest absolute Gasteiger partial charge is 0.141 e. The van der Waals surface area contributed by atoms with Crippen LogP contribution in [0.5, 0.6) is 0 Å². The van der Waals surface area contributed by atoms with Gasteiger partial charge < -0.3 is 5.32 Å². The molecule has 1 heterocycles. The van der Waals surface area contributed by atoms with Crippen LogP contribution >= 0.6 is 0 Å². The van der Waals surface area contributed by atoms with E-state index < -0.39 is 0 Å². The first-order valence-electron chi connectivity index (χ1n) is 4.04. The van der Waals surface area contributed by atoms with Gasteiger partial charge in [-0.05, 0) is 18.6 Å². The van der Waals surface area contributed by atoms with Gasteiger partial charge in [-0.15, -0.1) is 6.42 Å². The maximum Gasteiger partial charge on any atom is 0.141 e. The second kappa shape index (κ2) is 4.40. The van der Waals surface area contributed by atoms with E-state index in [4.69, 9.17) is 6.42 Å². The summed E-state index contributed by atoms with van der Waals surface area (Å²) in [5.41, 5.74) is 0.825. The highest BCUT2D eigenvalue weighted by Crippen LogP contribution is 2.08. The van der Waals surface area contributed by atoms with Crippen molar-refractivity contribution in [2.24, 2.45) is 0 Å². The van der Waals surface area contributed by atoms with Gasteiger partial charge in [-0.1, -0.05) is 12.8 Å². The zero-order chi connectivity index (χ0) is 8.81. The Hall–Kier alpha value is -1.49. The first kappa shape index (κ1) is 8.61. The molecule has 0 saturated heterocycles. The molecule has 0 aliphatic rings. The fraction of sp³-hybridized carbons (Fsp3) is 0.300. The molecule has 12 heavy (non-hydrogen) atoms. The van der Waals surface area contributed by atoms with Crippen LogP contribution in [0.25, 0.3) is 0 Å². The Morgan fingerprint density at radius 1 is 1.67 bits per heavy atom. The number of pyridine rings is 1. The molecule has 0 bridgehead atoms. The minimum absolute atomic E-state index is 0.807. The highest BCUT2D eigenvalue weighted by Gasteiger charge is 1.96. The number of anilines is 1.